The van der Waals surface area contributed by atoms with Gasteiger partial charge in [0.2, 0.25) is 5.91 Å². The molecular formula is C11H15NO4S. The molecule has 0 aliphatic carbocycles. The number of anilines is 1. The van der Waals surface area contributed by atoms with E-state index in [2.05, 4.69) is 5.32 Å². The van der Waals surface area contributed by atoms with Crippen molar-refractivity contribution in [1.82, 2.24) is 0 Å². The molecule has 0 bridgehead atoms. The molecule has 1 amide bonds. The van der Waals surface area contributed by atoms with Crippen molar-refractivity contribution >= 4 is 21.7 Å². The number of amides is 1. The fourth-order valence-electron chi connectivity index (χ4n) is 1.24. The average Bonchev–Trinajstić information content (AvgIpc) is 2.15. The highest BCUT2D eigenvalue weighted by atomic mass is 32.2. The highest BCUT2D eigenvalue weighted by molar-refractivity contribution is 7.85. The molecule has 0 unspecified atom stereocenters. The molecule has 0 aliphatic rings. The van der Waals surface area contributed by atoms with Gasteiger partial charge in [-0.25, -0.2) is 0 Å². The van der Waals surface area contributed by atoms with Crippen molar-refractivity contribution in [2.45, 2.75) is 19.6 Å². The van der Waals surface area contributed by atoms with E-state index < -0.39 is 15.9 Å². The molecule has 5 nitrogen and oxygen atoms in total. The molecule has 0 aliphatic heterocycles. The maximum atomic E-state index is 11.4. The molecule has 0 saturated carbocycles. The van der Waals surface area contributed by atoms with E-state index in [1.807, 2.05) is 0 Å². The zero-order chi connectivity index (χ0) is 13.1. The lowest BCUT2D eigenvalue weighted by molar-refractivity contribution is -0.118. The lowest BCUT2D eigenvalue weighted by atomic mass is 10.2. The number of carbonyl (C=O) groups excluding carboxylic acids is 1. The smallest absolute Gasteiger partial charge is 0.269 e. The van der Waals surface area contributed by atoms with Crippen LogP contribution in [0.2, 0.25) is 0 Å². The van der Waals surface area contributed by atoms with Crippen LogP contribution >= 0.6 is 0 Å². The minimum absolute atomic E-state index is 0.144. The highest BCUT2D eigenvalue weighted by Crippen LogP contribution is 2.13. The monoisotopic (exact) mass is 257 g/mol. The molecule has 0 spiro atoms. The van der Waals surface area contributed by atoms with Gasteiger partial charge in [-0.2, -0.15) is 8.42 Å². The summed E-state index contributed by atoms with van der Waals surface area (Å²) in [6.07, 6.45) is 0. The summed E-state index contributed by atoms with van der Waals surface area (Å²) in [5, 5.41) is 2.65. The van der Waals surface area contributed by atoms with Crippen LogP contribution in [0.4, 0.5) is 5.69 Å². The van der Waals surface area contributed by atoms with Gasteiger partial charge in [0.15, 0.2) is 0 Å². The molecule has 0 fully saturated rings. The summed E-state index contributed by atoms with van der Waals surface area (Å²) >= 11 is 0. The number of hydrogen-bond donors (Lipinski definition) is 2. The summed E-state index contributed by atoms with van der Waals surface area (Å²) in [5.41, 5.74) is 0.943. The molecule has 6 heteroatoms. The first-order chi connectivity index (χ1) is 7.78. The zero-order valence-corrected chi connectivity index (χ0v) is 10.5. The topological polar surface area (TPSA) is 83.5 Å². The SMILES string of the molecule is CC(C)C(=O)Nc1cccc(CS(=O)(=O)O)c1. The highest BCUT2D eigenvalue weighted by Gasteiger charge is 2.09. The van der Waals surface area contributed by atoms with Crippen molar-refractivity contribution < 1.29 is 17.8 Å². The number of hydrogen-bond acceptors (Lipinski definition) is 3. The predicted molar refractivity (Wildman–Crippen MR) is 65.2 cm³/mol. The van der Waals surface area contributed by atoms with Gasteiger partial charge in [0.05, 0.1) is 0 Å². The first-order valence-electron chi connectivity index (χ1n) is 5.13. The molecule has 0 radical (unpaired) electrons. The molecule has 0 heterocycles. The summed E-state index contributed by atoms with van der Waals surface area (Å²) in [6.45, 7) is 3.52. The molecule has 0 aromatic heterocycles. The van der Waals surface area contributed by atoms with E-state index in [-0.39, 0.29) is 11.8 Å². The van der Waals surface area contributed by atoms with Gasteiger partial charge in [0.25, 0.3) is 10.1 Å². The Morgan fingerprint density at radius 2 is 2.06 bits per heavy atom. The fraction of sp³-hybridized carbons (Fsp3) is 0.364. The molecule has 1 rings (SSSR count). The predicted octanol–water partition coefficient (Wildman–Crippen LogP) is 1.67. The number of nitrogens with one attached hydrogen (secondary N) is 1. The Morgan fingerprint density at radius 1 is 1.41 bits per heavy atom. The van der Waals surface area contributed by atoms with Crippen LogP contribution in [0.15, 0.2) is 24.3 Å². The lowest BCUT2D eigenvalue weighted by Gasteiger charge is -2.08. The van der Waals surface area contributed by atoms with E-state index in [1.165, 1.54) is 6.07 Å². The van der Waals surface area contributed by atoms with Crippen molar-refractivity contribution in [2.75, 3.05) is 5.32 Å². The van der Waals surface area contributed by atoms with Gasteiger partial charge in [0.1, 0.15) is 5.75 Å². The van der Waals surface area contributed by atoms with Crippen molar-refractivity contribution in [1.29, 1.82) is 0 Å². The second-order valence-electron chi connectivity index (χ2n) is 4.07. The minimum atomic E-state index is -4.05. The van der Waals surface area contributed by atoms with Crippen LogP contribution in [-0.2, 0) is 20.7 Å². The van der Waals surface area contributed by atoms with Crippen LogP contribution in [0.1, 0.15) is 19.4 Å². The average molecular weight is 257 g/mol. The maximum absolute atomic E-state index is 11.4. The van der Waals surface area contributed by atoms with Crippen LogP contribution in [-0.4, -0.2) is 18.9 Å². The van der Waals surface area contributed by atoms with Crippen LogP contribution in [0.3, 0.4) is 0 Å². The summed E-state index contributed by atoms with van der Waals surface area (Å²) < 4.78 is 30.1. The second-order valence-corrected chi connectivity index (χ2v) is 5.52. The summed E-state index contributed by atoms with van der Waals surface area (Å²) in [6, 6.07) is 6.37. The number of carbonyl (C=O) groups is 1. The molecule has 94 valence electrons. The van der Waals surface area contributed by atoms with Crippen molar-refractivity contribution in [3.63, 3.8) is 0 Å². The molecule has 17 heavy (non-hydrogen) atoms. The van der Waals surface area contributed by atoms with E-state index in [0.29, 0.717) is 11.3 Å². The summed E-state index contributed by atoms with van der Waals surface area (Å²) in [5.74, 6) is -0.757. The van der Waals surface area contributed by atoms with Gasteiger partial charge in [0, 0.05) is 11.6 Å². The van der Waals surface area contributed by atoms with Gasteiger partial charge < -0.3 is 5.32 Å². The lowest BCUT2D eigenvalue weighted by Crippen LogP contribution is -2.17. The normalized spacial score (nSPS) is 11.5. The maximum Gasteiger partial charge on any atom is 0.269 e. The third-order valence-corrected chi connectivity index (χ3v) is 2.77. The largest absolute Gasteiger partial charge is 0.326 e. The van der Waals surface area contributed by atoms with E-state index in [9.17, 15) is 13.2 Å². The van der Waals surface area contributed by atoms with Gasteiger partial charge in [-0.05, 0) is 17.7 Å². The first-order valence-corrected chi connectivity index (χ1v) is 6.74. The Bertz CT molecular complexity index is 508. The Labute approximate surface area is 101 Å². The number of rotatable bonds is 4. The van der Waals surface area contributed by atoms with Gasteiger partial charge in [-0.1, -0.05) is 26.0 Å². The Kier molecular flexibility index (Phi) is 4.25. The molecule has 1 aromatic rings. The minimum Gasteiger partial charge on any atom is -0.326 e. The fourth-order valence-corrected chi connectivity index (χ4v) is 1.84. The third kappa shape index (κ3) is 4.97. The Hall–Kier alpha value is -1.40. The van der Waals surface area contributed by atoms with Crippen molar-refractivity contribution in [2.24, 2.45) is 5.92 Å². The van der Waals surface area contributed by atoms with Crippen LogP contribution in [0.5, 0.6) is 0 Å². The Balaban J connectivity index is 2.83. The van der Waals surface area contributed by atoms with E-state index in [1.54, 1.807) is 32.0 Å². The number of benzene rings is 1. The van der Waals surface area contributed by atoms with Crippen molar-refractivity contribution in [3.05, 3.63) is 29.8 Å². The summed E-state index contributed by atoms with van der Waals surface area (Å²) in [7, 11) is -4.05. The summed E-state index contributed by atoms with van der Waals surface area (Å²) in [4.78, 5) is 11.4. The third-order valence-electron chi connectivity index (χ3n) is 2.07. The van der Waals surface area contributed by atoms with Gasteiger partial charge >= 0.3 is 0 Å². The molecule has 0 atom stereocenters. The quantitative estimate of drug-likeness (QED) is 0.804. The van der Waals surface area contributed by atoms with Gasteiger partial charge in [-0.3, -0.25) is 9.35 Å². The Morgan fingerprint density at radius 3 is 2.59 bits per heavy atom. The van der Waals surface area contributed by atoms with Crippen LogP contribution < -0.4 is 5.32 Å². The molecule has 1 aromatic carbocycles. The molecular weight excluding hydrogens is 242 g/mol. The van der Waals surface area contributed by atoms with E-state index in [0.717, 1.165) is 0 Å². The van der Waals surface area contributed by atoms with Crippen LogP contribution in [0.25, 0.3) is 0 Å². The van der Waals surface area contributed by atoms with E-state index >= 15 is 0 Å². The first kappa shape index (κ1) is 13.7. The molecule has 0 saturated heterocycles. The zero-order valence-electron chi connectivity index (χ0n) is 9.67. The standard InChI is InChI=1S/C11H15NO4S/c1-8(2)11(13)12-10-5-3-4-9(6-10)7-17(14,15)16/h3-6,8H,7H2,1-2H3,(H,12,13)(H,14,15,16). The van der Waals surface area contributed by atoms with Gasteiger partial charge in [-0.15, -0.1) is 0 Å². The molecule has 2 N–H and O–H groups in total. The van der Waals surface area contributed by atoms with E-state index in [4.69, 9.17) is 4.55 Å². The second kappa shape index (κ2) is 5.29. The van der Waals surface area contributed by atoms with Crippen LogP contribution in [0, 0.1) is 5.92 Å². The van der Waals surface area contributed by atoms with Crippen molar-refractivity contribution in [3.8, 4) is 0 Å².